The largest absolute Gasteiger partial charge is 1.00 e. The molecule has 0 aliphatic heterocycles. The van der Waals surface area contributed by atoms with Crippen molar-refractivity contribution in [3.63, 3.8) is 0 Å². The molecule has 0 saturated heterocycles. The summed E-state index contributed by atoms with van der Waals surface area (Å²) in [5, 5.41) is 0. The summed E-state index contributed by atoms with van der Waals surface area (Å²) in [7, 11) is 3.26. The van der Waals surface area contributed by atoms with Crippen LogP contribution in [0.25, 0.3) is 0 Å². The van der Waals surface area contributed by atoms with E-state index in [2.05, 4.69) is 64.6 Å². The summed E-state index contributed by atoms with van der Waals surface area (Å²) >= 11 is 6.43. The van der Waals surface area contributed by atoms with Gasteiger partial charge in [0.1, 0.15) is 5.78 Å². The average molecular weight is 664 g/mol. The van der Waals surface area contributed by atoms with Gasteiger partial charge in [-0.05, 0) is 38.9 Å². The molecule has 138 valence electrons. The van der Waals surface area contributed by atoms with Crippen molar-refractivity contribution in [1.29, 1.82) is 0 Å². The van der Waals surface area contributed by atoms with Crippen molar-refractivity contribution in [1.82, 2.24) is 0 Å². The Kier molecular flexibility index (Phi) is 60.8. The van der Waals surface area contributed by atoms with Gasteiger partial charge in [0.2, 0.25) is 0 Å². The van der Waals surface area contributed by atoms with Crippen molar-refractivity contribution < 1.29 is 37.9 Å². The summed E-state index contributed by atoms with van der Waals surface area (Å²) in [4.78, 5) is 20.8. The molecule has 1 unspecified atom stereocenters. The van der Waals surface area contributed by atoms with Crippen molar-refractivity contribution >= 4 is 71.4 Å². The normalized spacial score (nSPS) is 9.00. The van der Waals surface area contributed by atoms with Crippen LogP contribution in [0.4, 0.5) is 0 Å². The number of ketones is 2. The van der Waals surface area contributed by atoms with Crippen LogP contribution in [0.15, 0.2) is 0 Å². The van der Waals surface area contributed by atoms with Gasteiger partial charge in [0.05, 0.1) is 3.92 Å². The van der Waals surface area contributed by atoms with Gasteiger partial charge in [-0.2, -0.15) is 0 Å². The Morgan fingerprint density at radius 3 is 1.78 bits per heavy atom. The third-order valence-corrected chi connectivity index (χ3v) is 3.53. The molecular weight excluding hydrogens is 632 g/mol. The minimum absolute atomic E-state index is 0. The van der Waals surface area contributed by atoms with Crippen LogP contribution in [0.3, 0.4) is 0 Å². The van der Waals surface area contributed by atoms with Gasteiger partial charge >= 0.3 is 18.9 Å². The van der Waals surface area contributed by atoms with E-state index in [0.29, 0.717) is 6.61 Å². The maximum atomic E-state index is 10.8. The monoisotopic (exact) mass is 664 g/mol. The third-order valence-electron chi connectivity index (χ3n) is 2.03. The summed E-state index contributed by atoms with van der Waals surface area (Å²) in [6.45, 7) is 4.38. The van der Waals surface area contributed by atoms with E-state index in [9.17, 15) is 9.59 Å². The molecule has 0 rings (SSSR count). The number of unbranched alkanes of at least 4 members (excludes halogenated alkanes) is 1. The molecule has 0 aliphatic carbocycles. The number of rotatable bonds is 9. The number of carbonyl (C=O) groups is 2. The Morgan fingerprint density at radius 2 is 1.52 bits per heavy atom. The number of Topliss-reactive ketones (excluding diaryl/α,β-unsaturated/α-hetero) is 2. The number of hydrogen-bond donors (Lipinski definition) is 0. The molecule has 4 nitrogen and oxygen atoms in total. The molecule has 8 heteroatoms. The molecule has 0 fully saturated rings. The van der Waals surface area contributed by atoms with Crippen LogP contribution < -0.4 is 18.9 Å². The minimum atomic E-state index is 0. The fourth-order valence-corrected chi connectivity index (χ4v) is 1.41. The van der Waals surface area contributed by atoms with Crippen molar-refractivity contribution in [3.05, 3.63) is 6.42 Å². The number of ether oxygens (including phenoxy) is 2. The SMILES string of the molecule is C.C.COCCCCC(I)C(C)=O.COC[CH-]C(C)=O.II.[Li+]. The van der Waals surface area contributed by atoms with E-state index in [0.717, 1.165) is 25.9 Å². The van der Waals surface area contributed by atoms with E-state index in [1.807, 2.05) is 0 Å². The van der Waals surface area contributed by atoms with Gasteiger partial charge in [-0.15, -0.1) is 0 Å². The first kappa shape index (κ1) is 39.8. The molecule has 0 aromatic carbocycles. The zero-order valence-electron chi connectivity index (χ0n) is 13.5. The van der Waals surface area contributed by atoms with Crippen LogP contribution in [0.5, 0.6) is 0 Å². The van der Waals surface area contributed by atoms with Crippen LogP contribution >= 0.6 is 59.8 Å². The first-order valence-electron chi connectivity index (χ1n) is 6.06. The van der Waals surface area contributed by atoms with Gasteiger partial charge in [0.15, 0.2) is 0 Å². The summed E-state index contributed by atoms with van der Waals surface area (Å²) < 4.78 is 9.67. The van der Waals surface area contributed by atoms with Crippen molar-refractivity contribution in [2.45, 2.75) is 51.9 Å². The fraction of sp³-hybridized carbons (Fsp3) is 0.800. The van der Waals surface area contributed by atoms with Gasteiger partial charge in [-0.25, -0.2) is 0 Å². The molecule has 0 radical (unpaired) electrons. The van der Waals surface area contributed by atoms with E-state index in [-0.39, 0.29) is 49.2 Å². The minimum Gasteiger partial charge on any atom is -0.414 e. The summed E-state index contributed by atoms with van der Waals surface area (Å²) in [5.41, 5.74) is 0. The maximum Gasteiger partial charge on any atom is 1.00 e. The molecular formula is C15H32I3LiO4. The number of hydrogen-bond acceptors (Lipinski definition) is 4. The van der Waals surface area contributed by atoms with Crippen LogP contribution in [-0.2, 0) is 19.1 Å². The van der Waals surface area contributed by atoms with E-state index in [1.165, 1.54) is 13.3 Å². The van der Waals surface area contributed by atoms with Gasteiger partial charge < -0.3 is 20.7 Å². The second-order valence-corrected chi connectivity index (χ2v) is 5.34. The predicted molar refractivity (Wildman–Crippen MR) is 123 cm³/mol. The van der Waals surface area contributed by atoms with E-state index in [1.54, 1.807) is 21.1 Å². The quantitative estimate of drug-likeness (QED) is 0.125. The van der Waals surface area contributed by atoms with Crippen LogP contribution in [0.2, 0.25) is 0 Å². The van der Waals surface area contributed by atoms with E-state index in [4.69, 9.17) is 4.74 Å². The maximum absolute atomic E-state index is 10.8. The molecule has 0 amide bonds. The summed E-state index contributed by atoms with van der Waals surface area (Å²) in [6.07, 6.45) is 4.61. The molecule has 0 aliphatic rings. The Balaban J connectivity index is -0.0000000534. The smallest absolute Gasteiger partial charge is 0.414 e. The Bertz CT molecular complexity index is 233. The van der Waals surface area contributed by atoms with Crippen LogP contribution in [-0.4, -0.2) is 42.9 Å². The predicted octanol–water partition coefficient (Wildman–Crippen LogP) is 2.67. The first-order valence-corrected chi connectivity index (χ1v) is 13.6. The molecule has 0 spiro atoms. The average Bonchev–Trinajstić information content (AvgIpc) is 2.43. The van der Waals surface area contributed by atoms with Gasteiger partial charge in [-0.1, -0.05) is 44.1 Å². The van der Waals surface area contributed by atoms with Gasteiger partial charge in [0, 0.05) is 58.1 Å². The molecule has 0 bridgehead atoms. The van der Waals surface area contributed by atoms with Crippen molar-refractivity contribution in [2.75, 3.05) is 27.4 Å². The molecule has 0 saturated carbocycles. The number of alkyl halides is 1. The van der Waals surface area contributed by atoms with Crippen molar-refractivity contribution in [2.24, 2.45) is 0 Å². The Morgan fingerprint density at radius 1 is 1.04 bits per heavy atom. The first-order chi connectivity index (χ1) is 9.45. The summed E-state index contributed by atoms with van der Waals surface area (Å²) in [5.74, 6) is 0.338. The van der Waals surface area contributed by atoms with E-state index >= 15 is 0 Å². The second kappa shape index (κ2) is 35.1. The number of carbonyl (C=O) groups excluding carboxylic acids is 2. The van der Waals surface area contributed by atoms with E-state index < -0.39 is 0 Å². The zero-order chi connectivity index (χ0) is 16.4. The summed E-state index contributed by atoms with van der Waals surface area (Å²) in [6, 6.07) is 0. The number of halogens is 3. The van der Waals surface area contributed by atoms with Crippen LogP contribution in [0, 0.1) is 6.42 Å². The molecule has 1 atom stereocenters. The molecule has 23 heavy (non-hydrogen) atoms. The molecule has 0 heterocycles. The Labute approximate surface area is 193 Å². The molecule has 0 aromatic rings. The Hall–Kier alpha value is 1.92. The van der Waals surface area contributed by atoms with Crippen molar-refractivity contribution in [3.8, 4) is 0 Å². The topological polar surface area (TPSA) is 52.6 Å². The van der Waals surface area contributed by atoms with Gasteiger partial charge in [-0.3, -0.25) is 4.79 Å². The molecule has 0 N–H and O–H groups in total. The molecule has 0 aromatic heterocycles. The second-order valence-electron chi connectivity index (χ2n) is 3.84. The number of methoxy groups -OCH3 is 2. The fourth-order valence-electron chi connectivity index (χ4n) is 0.974. The standard InChI is InChI=1S/C8H15IO2.C5H9O2.2CH4.I2.Li/c1-7(10)8(9)5-3-4-6-11-2;1-5(6)3-4-7-2;;;1-2;/h8H,3-6H2,1-2H3;3H,4H2,1-2H3;2*1H4;;/q;-1;;;;+1. The van der Waals surface area contributed by atoms with Gasteiger partial charge in [0.25, 0.3) is 0 Å². The van der Waals surface area contributed by atoms with Crippen LogP contribution in [0.1, 0.15) is 48.0 Å². The zero-order valence-corrected chi connectivity index (χ0v) is 19.9. The third kappa shape index (κ3) is 45.3.